The highest BCUT2D eigenvalue weighted by atomic mass is 15.1. The van der Waals surface area contributed by atoms with Crippen LogP contribution in [0.3, 0.4) is 0 Å². The van der Waals surface area contributed by atoms with E-state index in [1.165, 1.54) is 16.7 Å². The summed E-state index contributed by atoms with van der Waals surface area (Å²) >= 11 is 0. The van der Waals surface area contributed by atoms with Crippen LogP contribution in [0.5, 0.6) is 0 Å². The number of rotatable bonds is 5. The zero-order valence-electron chi connectivity index (χ0n) is 11.0. The second-order valence-corrected chi connectivity index (χ2v) is 4.77. The topological polar surface area (TPSA) is 29.3 Å². The fourth-order valence-corrected chi connectivity index (χ4v) is 2.12. The molecule has 0 aliphatic rings. The number of hydrogen-bond donors (Lipinski definition) is 1. The molecule has 0 saturated heterocycles. The van der Waals surface area contributed by atoms with E-state index >= 15 is 0 Å². The average Bonchev–Trinajstić information content (AvgIpc) is 2.23. The van der Waals surface area contributed by atoms with Crippen LogP contribution in [-0.4, -0.2) is 25.5 Å². The second-order valence-electron chi connectivity index (χ2n) is 4.77. The fourth-order valence-electron chi connectivity index (χ4n) is 2.12. The van der Waals surface area contributed by atoms with Gasteiger partial charge in [-0.15, -0.1) is 0 Å². The van der Waals surface area contributed by atoms with E-state index in [4.69, 9.17) is 5.73 Å². The number of nitrogens with two attached hydrogens (primary N) is 1. The van der Waals surface area contributed by atoms with Crippen molar-refractivity contribution in [2.75, 3.05) is 20.6 Å². The molecule has 0 aliphatic carbocycles. The first-order valence-electron chi connectivity index (χ1n) is 6.00. The molecule has 2 nitrogen and oxygen atoms in total. The molecule has 0 spiro atoms. The van der Waals surface area contributed by atoms with Crippen molar-refractivity contribution in [3.05, 3.63) is 34.9 Å². The second kappa shape index (κ2) is 6.02. The Labute approximate surface area is 99.5 Å². The summed E-state index contributed by atoms with van der Waals surface area (Å²) < 4.78 is 0. The number of benzene rings is 1. The van der Waals surface area contributed by atoms with Crippen molar-refractivity contribution in [2.24, 2.45) is 5.73 Å². The van der Waals surface area contributed by atoms with Crippen LogP contribution >= 0.6 is 0 Å². The zero-order valence-corrected chi connectivity index (χ0v) is 11.0. The van der Waals surface area contributed by atoms with Crippen LogP contribution in [0.4, 0.5) is 0 Å². The Bertz CT molecular complexity index is 332. The van der Waals surface area contributed by atoms with E-state index < -0.39 is 0 Å². The van der Waals surface area contributed by atoms with Crippen molar-refractivity contribution in [1.29, 1.82) is 0 Å². The molecule has 0 bridgehead atoms. The standard InChI is InChI=1S/C14H24N2/c1-11-7-8-12(2)13(10-11)14(16(3)4)6-5-9-15/h7-8,10,14H,5-6,9,15H2,1-4H3. The predicted octanol–water partition coefficient (Wildman–Crippen LogP) is 2.65. The lowest BCUT2D eigenvalue weighted by Gasteiger charge is -2.26. The zero-order chi connectivity index (χ0) is 12.1. The van der Waals surface area contributed by atoms with Crippen molar-refractivity contribution in [3.8, 4) is 0 Å². The average molecular weight is 220 g/mol. The van der Waals surface area contributed by atoms with Gasteiger partial charge in [0.1, 0.15) is 0 Å². The van der Waals surface area contributed by atoms with Crippen molar-refractivity contribution < 1.29 is 0 Å². The number of aryl methyl sites for hydroxylation is 2. The first-order chi connectivity index (χ1) is 7.56. The third-order valence-electron chi connectivity index (χ3n) is 3.10. The molecule has 1 atom stereocenters. The number of hydrogen-bond acceptors (Lipinski definition) is 2. The van der Waals surface area contributed by atoms with Crippen LogP contribution in [0, 0.1) is 13.8 Å². The maximum atomic E-state index is 5.60. The number of nitrogens with zero attached hydrogens (tertiary/aromatic N) is 1. The molecular weight excluding hydrogens is 196 g/mol. The van der Waals surface area contributed by atoms with Gasteiger partial charge in [0.2, 0.25) is 0 Å². The van der Waals surface area contributed by atoms with Gasteiger partial charge in [-0.1, -0.05) is 23.8 Å². The summed E-state index contributed by atoms with van der Waals surface area (Å²) in [5.74, 6) is 0. The van der Waals surface area contributed by atoms with Gasteiger partial charge >= 0.3 is 0 Å². The van der Waals surface area contributed by atoms with E-state index in [0.29, 0.717) is 6.04 Å². The minimum Gasteiger partial charge on any atom is -0.330 e. The molecule has 1 unspecified atom stereocenters. The van der Waals surface area contributed by atoms with Gasteiger partial charge in [0.25, 0.3) is 0 Å². The summed E-state index contributed by atoms with van der Waals surface area (Å²) in [4.78, 5) is 2.29. The maximum Gasteiger partial charge on any atom is 0.0345 e. The monoisotopic (exact) mass is 220 g/mol. The fraction of sp³-hybridized carbons (Fsp3) is 0.571. The minimum atomic E-state index is 0.489. The Hall–Kier alpha value is -0.860. The Morgan fingerprint density at radius 1 is 1.25 bits per heavy atom. The summed E-state index contributed by atoms with van der Waals surface area (Å²) in [6.07, 6.45) is 2.21. The SMILES string of the molecule is Cc1ccc(C)c(C(CCCN)N(C)C)c1. The van der Waals surface area contributed by atoms with Crippen LogP contribution in [0.1, 0.15) is 35.6 Å². The summed E-state index contributed by atoms with van der Waals surface area (Å²) in [6.45, 7) is 5.11. The lowest BCUT2D eigenvalue weighted by atomic mass is 9.95. The first kappa shape index (κ1) is 13.2. The van der Waals surface area contributed by atoms with Crippen molar-refractivity contribution in [2.45, 2.75) is 32.7 Å². The predicted molar refractivity (Wildman–Crippen MR) is 70.6 cm³/mol. The van der Waals surface area contributed by atoms with Gasteiger partial charge < -0.3 is 10.6 Å². The van der Waals surface area contributed by atoms with E-state index in [1.54, 1.807) is 0 Å². The molecule has 0 amide bonds. The van der Waals surface area contributed by atoms with Crippen molar-refractivity contribution >= 4 is 0 Å². The largest absolute Gasteiger partial charge is 0.330 e. The Balaban J connectivity index is 2.95. The molecule has 0 fully saturated rings. The molecule has 2 heteroatoms. The molecule has 16 heavy (non-hydrogen) atoms. The van der Waals surface area contributed by atoms with Gasteiger partial charge in [0.15, 0.2) is 0 Å². The van der Waals surface area contributed by atoms with Gasteiger partial charge in [-0.2, -0.15) is 0 Å². The molecule has 1 aromatic carbocycles. The molecular formula is C14H24N2. The van der Waals surface area contributed by atoms with Crippen molar-refractivity contribution in [3.63, 3.8) is 0 Å². The Kier molecular flexibility index (Phi) is 4.97. The van der Waals surface area contributed by atoms with Gasteiger partial charge in [-0.05, 0) is 58.5 Å². The smallest absolute Gasteiger partial charge is 0.0345 e. The van der Waals surface area contributed by atoms with E-state index in [1.807, 2.05) is 0 Å². The summed E-state index contributed by atoms with van der Waals surface area (Å²) in [5.41, 5.74) is 9.76. The molecule has 0 radical (unpaired) electrons. The van der Waals surface area contributed by atoms with Crippen LogP contribution in [0.2, 0.25) is 0 Å². The molecule has 0 aromatic heterocycles. The van der Waals surface area contributed by atoms with E-state index in [2.05, 4.69) is 51.0 Å². The lowest BCUT2D eigenvalue weighted by Crippen LogP contribution is -2.21. The highest BCUT2D eigenvalue weighted by Crippen LogP contribution is 2.26. The maximum absolute atomic E-state index is 5.60. The lowest BCUT2D eigenvalue weighted by molar-refractivity contribution is 0.279. The summed E-state index contributed by atoms with van der Waals surface area (Å²) in [7, 11) is 4.28. The van der Waals surface area contributed by atoms with Gasteiger partial charge in [0.05, 0.1) is 0 Å². The molecule has 1 aromatic rings. The van der Waals surface area contributed by atoms with E-state index in [-0.39, 0.29) is 0 Å². The summed E-state index contributed by atoms with van der Waals surface area (Å²) in [6, 6.07) is 7.18. The van der Waals surface area contributed by atoms with Crippen molar-refractivity contribution in [1.82, 2.24) is 4.90 Å². The normalized spacial score (nSPS) is 13.1. The Morgan fingerprint density at radius 2 is 1.94 bits per heavy atom. The molecule has 90 valence electrons. The third kappa shape index (κ3) is 3.32. The minimum absolute atomic E-state index is 0.489. The van der Waals surface area contributed by atoms with Gasteiger partial charge in [-0.25, -0.2) is 0 Å². The van der Waals surface area contributed by atoms with Crippen LogP contribution < -0.4 is 5.73 Å². The molecule has 2 N–H and O–H groups in total. The van der Waals surface area contributed by atoms with Crippen LogP contribution in [-0.2, 0) is 0 Å². The molecule has 1 rings (SSSR count). The van der Waals surface area contributed by atoms with Crippen LogP contribution in [0.15, 0.2) is 18.2 Å². The highest BCUT2D eigenvalue weighted by Gasteiger charge is 2.15. The van der Waals surface area contributed by atoms with Crippen LogP contribution in [0.25, 0.3) is 0 Å². The third-order valence-corrected chi connectivity index (χ3v) is 3.10. The van der Waals surface area contributed by atoms with Gasteiger partial charge in [-0.3, -0.25) is 0 Å². The molecule has 0 heterocycles. The quantitative estimate of drug-likeness (QED) is 0.826. The Morgan fingerprint density at radius 3 is 2.50 bits per heavy atom. The summed E-state index contributed by atoms with van der Waals surface area (Å²) in [5, 5.41) is 0. The first-order valence-corrected chi connectivity index (χ1v) is 6.00. The highest BCUT2D eigenvalue weighted by molar-refractivity contribution is 5.33. The van der Waals surface area contributed by atoms with E-state index in [0.717, 1.165) is 19.4 Å². The molecule has 0 aliphatic heterocycles. The van der Waals surface area contributed by atoms with Gasteiger partial charge in [0, 0.05) is 6.04 Å². The van der Waals surface area contributed by atoms with E-state index in [9.17, 15) is 0 Å². The molecule has 0 saturated carbocycles.